The molecule has 7 nitrogen and oxygen atoms in total. The number of carboxylic acid groups (broad SMARTS) is 2. The van der Waals surface area contributed by atoms with Gasteiger partial charge < -0.3 is 19.9 Å². The standard InChI is InChI=1S/C17H25FN2O.C4H4O4/c1-11(2)20(12(3)4)9-8-13-10-19-14-6-7-15(21-5)17(18)16(13)14;5-3(6)1-2-4(7)8/h6-7,10-12,19H,8-9H2,1-5H3;1-2H,(H,5,6)(H,7,8)/b;2-1+. The number of hydrogen-bond acceptors (Lipinski definition) is 4. The molecule has 0 spiro atoms. The van der Waals surface area contributed by atoms with E-state index in [0.29, 0.717) is 35.4 Å². The molecular weight excluding hydrogens is 379 g/mol. The predicted octanol–water partition coefficient (Wildman–Crippen LogP) is 3.69. The highest BCUT2D eigenvalue weighted by Gasteiger charge is 2.17. The summed E-state index contributed by atoms with van der Waals surface area (Å²) in [6.07, 6.45) is 3.84. The number of nitrogens with zero attached hydrogens (tertiary/aromatic N) is 1. The quantitative estimate of drug-likeness (QED) is 0.576. The van der Waals surface area contributed by atoms with Crippen LogP contribution in [0.3, 0.4) is 0 Å². The number of halogens is 1. The van der Waals surface area contributed by atoms with E-state index < -0.39 is 11.9 Å². The van der Waals surface area contributed by atoms with Crippen molar-refractivity contribution in [3.05, 3.63) is 41.9 Å². The average Bonchev–Trinajstić information content (AvgIpc) is 3.04. The molecule has 1 aromatic carbocycles. The molecule has 0 radical (unpaired) electrons. The van der Waals surface area contributed by atoms with Crippen LogP contribution in [0.15, 0.2) is 30.5 Å². The van der Waals surface area contributed by atoms with Crippen LogP contribution in [0.5, 0.6) is 5.75 Å². The maximum atomic E-state index is 14.4. The van der Waals surface area contributed by atoms with Gasteiger partial charge in [-0.25, -0.2) is 14.0 Å². The van der Waals surface area contributed by atoms with Crippen LogP contribution in [0, 0.1) is 5.82 Å². The fraction of sp³-hybridized carbons (Fsp3) is 0.429. The van der Waals surface area contributed by atoms with E-state index in [4.69, 9.17) is 14.9 Å². The Hall–Kier alpha value is -2.87. The number of hydrogen-bond donors (Lipinski definition) is 3. The number of aromatic nitrogens is 1. The molecule has 2 aromatic rings. The van der Waals surface area contributed by atoms with Gasteiger partial charge in [-0.2, -0.15) is 0 Å². The van der Waals surface area contributed by atoms with Gasteiger partial charge in [0, 0.05) is 47.9 Å². The van der Waals surface area contributed by atoms with E-state index in [9.17, 15) is 14.0 Å². The number of aliphatic carboxylic acids is 2. The Labute approximate surface area is 169 Å². The largest absolute Gasteiger partial charge is 0.494 e. The molecule has 0 aliphatic heterocycles. The second kappa shape index (κ2) is 11.2. The van der Waals surface area contributed by atoms with Gasteiger partial charge in [-0.1, -0.05) is 0 Å². The van der Waals surface area contributed by atoms with Crippen molar-refractivity contribution in [3.8, 4) is 5.75 Å². The maximum Gasteiger partial charge on any atom is 0.328 e. The van der Waals surface area contributed by atoms with Gasteiger partial charge in [-0.05, 0) is 51.8 Å². The average molecular weight is 408 g/mol. The molecule has 3 N–H and O–H groups in total. The van der Waals surface area contributed by atoms with Gasteiger partial charge in [0.15, 0.2) is 11.6 Å². The first-order valence-corrected chi connectivity index (χ1v) is 9.30. The Kier molecular flexibility index (Phi) is 9.34. The summed E-state index contributed by atoms with van der Waals surface area (Å²) in [5.74, 6) is -2.49. The summed E-state index contributed by atoms with van der Waals surface area (Å²) in [7, 11) is 1.50. The topological polar surface area (TPSA) is 103 Å². The van der Waals surface area contributed by atoms with Gasteiger partial charge in [-0.15, -0.1) is 0 Å². The van der Waals surface area contributed by atoms with Gasteiger partial charge in [0.2, 0.25) is 0 Å². The van der Waals surface area contributed by atoms with E-state index in [1.807, 2.05) is 12.3 Å². The lowest BCUT2D eigenvalue weighted by Gasteiger charge is -2.30. The van der Waals surface area contributed by atoms with Crippen LogP contribution in [-0.2, 0) is 16.0 Å². The van der Waals surface area contributed by atoms with Gasteiger partial charge in [0.1, 0.15) is 0 Å². The summed E-state index contributed by atoms with van der Waals surface area (Å²) in [6, 6.07) is 4.49. The van der Waals surface area contributed by atoms with E-state index in [1.54, 1.807) is 6.07 Å². The van der Waals surface area contributed by atoms with Crippen molar-refractivity contribution in [2.75, 3.05) is 13.7 Å². The van der Waals surface area contributed by atoms with Crippen molar-refractivity contribution in [2.45, 2.75) is 46.2 Å². The van der Waals surface area contributed by atoms with Gasteiger partial charge in [0.25, 0.3) is 0 Å². The number of H-pyrrole nitrogens is 1. The molecule has 0 saturated heterocycles. The van der Waals surface area contributed by atoms with Crippen LogP contribution in [-0.4, -0.2) is 57.8 Å². The molecule has 160 valence electrons. The second-order valence-corrected chi connectivity index (χ2v) is 7.00. The Balaban J connectivity index is 0.000000447. The molecule has 0 aliphatic rings. The fourth-order valence-corrected chi connectivity index (χ4v) is 3.09. The zero-order valence-corrected chi connectivity index (χ0v) is 17.4. The normalized spacial score (nSPS) is 11.3. The molecule has 0 amide bonds. The smallest absolute Gasteiger partial charge is 0.328 e. The lowest BCUT2D eigenvalue weighted by atomic mass is 10.1. The first-order valence-electron chi connectivity index (χ1n) is 9.30. The van der Waals surface area contributed by atoms with Crippen molar-refractivity contribution in [3.63, 3.8) is 0 Å². The summed E-state index contributed by atoms with van der Waals surface area (Å²) in [4.78, 5) is 24.7. The van der Waals surface area contributed by atoms with E-state index >= 15 is 0 Å². The first-order chi connectivity index (χ1) is 13.6. The summed E-state index contributed by atoms with van der Waals surface area (Å²) < 4.78 is 19.5. The number of rotatable bonds is 8. The third kappa shape index (κ3) is 7.23. The molecule has 0 fully saturated rings. The minimum Gasteiger partial charge on any atom is -0.494 e. The van der Waals surface area contributed by atoms with E-state index in [0.717, 1.165) is 24.0 Å². The number of benzene rings is 1. The third-order valence-corrected chi connectivity index (χ3v) is 4.38. The molecule has 1 heterocycles. The van der Waals surface area contributed by atoms with Crippen LogP contribution < -0.4 is 4.74 Å². The summed E-state index contributed by atoms with van der Waals surface area (Å²) in [5, 5.41) is 16.3. The Morgan fingerprint density at radius 1 is 1.14 bits per heavy atom. The number of nitrogens with one attached hydrogen (secondary N) is 1. The van der Waals surface area contributed by atoms with Gasteiger partial charge in [-0.3, -0.25) is 4.90 Å². The molecule has 8 heteroatoms. The van der Waals surface area contributed by atoms with Crippen LogP contribution >= 0.6 is 0 Å². The van der Waals surface area contributed by atoms with E-state index in [1.165, 1.54) is 7.11 Å². The fourth-order valence-electron chi connectivity index (χ4n) is 3.09. The highest BCUT2D eigenvalue weighted by atomic mass is 19.1. The summed E-state index contributed by atoms with van der Waals surface area (Å²) >= 11 is 0. The third-order valence-electron chi connectivity index (χ3n) is 4.38. The van der Waals surface area contributed by atoms with Crippen LogP contribution in [0.25, 0.3) is 10.9 Å². The number of carbonyl (C=O) groups is 2. The number of fused-ring (bicyclic) bond motifs is 1. The Bertz CT molecular complexity index is 834. The van der Waals surface area contributed by atoms with E-state index in [-0.39, 0.29) is 5.82 Å². The molecule has 2 rings (SSSR count). The van der Waals surface area contributed by atoms with Gasteiger partial charge >= 0.3 is 11.9 Å². The molecular formula is C21H29FN2O5. The molecule has 1 aromatic heterocycles. The number of ether oxygens (including phenoxy) is 1. The van der Waals surface area contributed by atoms with Crippen molar-refractivity contribution in [1.82, 2.24) is 9.88 Å². The highest BCUT2D eigenvalue weighted by Crippen LogP contribution is 2.29. The minimum atomic E-state index is -1.26. The molecule has 0 bridgehead atoms. The van der Waals surface area contributed by atoms with Crippen molar-refractivity contribution < 1.29 is 28.9 Å². The number of carboxylic acids is 2. The van der Waals surface area contributed by atoms with Crippen molar-refractivity contribution in [1.29, 1.82) is 0 Å². The Morgan fingerprint density at radius 3 is 2.14 bits per heavy atom. The van der Waals surface area contributed by atoms with Crippen LogP contribution in [0.2, 0.25) is 0 Å². The number of aromatic amines is 1. The van der Waals surface area contributed by atoms with Crippen LogP contribution in [0.1, 0.15) is 33.3 Å². The molecule has 0 saturated carbocycles. The zero-order valence-electron chi connectivity index (χ0n) is 17.4. The summed E-state index contributed by atoms with van der Waals surface area (Å²) in [6.45, 7) is 9.69. The predicted molar refractivity (Wildman–Crippen MR) is 110 cm³/mol. The minimum absolute atomic E-state index is 0.271. The number of methoxy groups -OCH3 is 1. The zero-order chi connectivity index (χ0) is 22.1. The maximum absolute atomic E-state index is 14.4. The lowest BCUT2D eigenvalue weighted by Crippen LogP contribution is -2.38. The van der Waals surface area contributed by atoms with E-state index in [2.05, 4.69) is 37.6 Å². The highest BCUT2D eigenvalue weighted by molar-refractivity contribution is 5.89. The molecule has 0 atom stereocenters. The van der Waals surface area contributed by atoms with Gasteiger partial charge in [0.05, 0.1) is 7.11 Å². The van der Waals surface area contributed by atoms with Crippen LogP contribution in [0.4, 0.5) is 4.39 Å². The molecule has 0 aliphatic carbocycles. The lowest BCUT2D eigenvalue weighted by molar-refractivity contribution is -0.134. The van der Waals surface area contributed by atoms with Crippen molar-refractivity contribution >= 4 is 22.8 Å². The molecule has 0 unspecified atom stereocenters. The molecule has 29 heavy (non-hydrogen) atoms. The second-order valence-electron chi connectivity index (χ2n) is 7.00. The van der Waals surface area contributed by atoms with Crippen molar-refractivity contribution in [2.24, 2.45) is 0 Å². The SMILES string of the molecule is COc1ccc2[nH]cc(CCN(C(C)C)C(C)C)c2c1F.O=C(O)/C=C/C(=O)O. The summed E-state index contributed by atoms with van der Waals surface area (Å²) in [5.41, 5.74) is 1.83. The monoisotopic (exact) mass is 408 g/mol. The Morgan fingerprint density at radius 2 is 1.69 bits per heavy atom. The first kappa shape index (κ1) is 24.2.